The Kier molecular flexibility index (Phi) is 4.57. The van der Waals surface area contributed by atoms with Gasteiger partial charge < -0.3 is 10.0 Å². The molecule has 1 aliphatic heterocycles. The summed E-state index contributed by atoms with van der Waals surface area (Å²) >= 11 is 0. The number of rotatable bonds is 2. The summed E-state index contributed by atoms with van der Waals surface area (Å²) in [7, 11) is 0. The summed E-state index contributed by atoms with van der Waals surface area (Å²) in [6.45, 7) is 5.58. The number of aryl methyl sites for hydroxylation is 1. The minimum Gasteiger partial charge on any atom is -0.384 e. The minimum atomic E-state index is -4.46. The maximum absolute atomic E-state index is 13.0. The number of pyridine rings is 1. The van der Waals surface area contributed by atoms with E-state index >= 15 is 0 Å². The Hall–Kier alpha value is -3.01. The van der Waals surface area contributed by atoms with Crippen molar-refractivity contribution in [2.24, 2.45) is 0 Å². The van der Waals surface area contributed by atoms with Crippen LogP contribution in [0, 0.1) is 6.92 Å². The van der Waals surface area contributed by atoms with Crippen LogP contribution in [-0.2, 0) is 24.7 Å². The average molecular weight is 419 g/mol. The van der Waals surface area contributed by atoms with Gasteiger partial charge in [-0.3, -0.25) is 9.78 Å². The van der Waals surface area contributed by atoms with Gasteiger partial charge in [-0.2, -0.15) is 17.7 Å². The van der Waals surface area contributed by atoms with Gasteiger partial charge in [0.15, 0.2) is 11.5 Å². The van der Waals surface area contributed by atoms with Crippen molar-refractivity contribution in [3.8, 4) is 0 Å². The summed E-state index contributed by atoms with van der Waals surface area (Å²) in [5.41, 5.74) is -0.147. The summed E-state index contributed by atoms with van der Waals surface area (Å²) in [5.74, 6) is 0.491. The molecule has 0 unspecified atom stereocenters. The molecular weight excluding hydrogens is 399 g/mol. The van der Waals surface area contributed by atoms with Crippen molar-refractivity contribution < 1.29 is 18.3 Å². The first-order valence-corrected chi connectivity index (χ1v) is 9.38. The van der Waals surface area contributed by atoms with E-state index in [1.165, 1.54) is 19.9 Å². The maximum Gasteiger partial charge on any atom is 0.417 e. The van der Waals surface area contributed by atoms with Crippen molar-refractivity contribution in [1.29, 1.82) is 0 Å². The van der Waals surface area contributed by atoms with E-state index in [4.69, 9.17) is 0 Å². The van der Waals surface area contributed by atoms with Crippen molar-refractivity contribution in [2.75, 3.05) is 11.4 Å². The van der Waals surface area contributed by atoms with Gasteiger partial charge in [-0.15, -0.1) is 5.10 Å². The Labute approximate surface area is 169 Å². The van der Waals surface area contributed by atoms with Gasteiger partial charge in [0.2, 0.25) is 0 Å². The van der Waals surface area contributed by atoms with E-state index in [-0.39, 0.29) is 12.2 Å². The van der Waals surface area contributed by atoms with Gasteiger partial charge in [-0.05, 0) is 44.0 Å². The lowest BCUT2D eigenvalue weighted by molar-refractivity contribution is -0.137. The topological polar surface area (TPSA) is 83.6 Å². The zero-order chi connectivity index (χ0) is 21.8. The van der Waals surface area contributed by atoms with Crippen LogP contribution in [0.3, 0.4) is 0 Å². The zero-order valence-corrected chi connectivity index (χ0v) is 16.7. The highest BCUT2D eigenvalue weighted by Gasteiger charge is 2.33. The van der Waals surface area contributed by atoms with Gasteiger partial charge in [0.25, 0.3) is 5.56 Å². The fraction of sp³-hybridized carbons (Fsp3) is 0.400. The summed E-state index contributed by atoms with van der Waals surface area (Å²) in [6.07, 6.45) is -3.13. The molecule has 0 amide bonds. The molecule has 0 saturated heterocycles. The lowest BCUT2D eigenvalue weighted by Crippen LogP contribution is -2.34. The molecule has 0 radical (unpaired) electrons. The van der Waals surface area contributed by atoms with Gasteiger partial charge in [-0.25, -0.2) is 4.98 Å². The maximum atomic E-state index is 13.0. The van der Waals surface area contributed by atoms with Gasteiger partial charge in [-0.1, -0.05) is 0 Å². The molecular formula is C20H20F3N5O2. The van der Waals surface area contributed by atoms with Crippen LogP contribution >= 0.6 is 0 Å². The van der Waals surface area contributed by atoms with Crippen LogP contribution in [0.4, 0.5) is 19.0 Å². The molecule has 3 aromatic rings. The van der Waals surface area contributed by atoms with E-state index in [1.807, 2.05) is 4.90 Å². The fourth-order valence-corrected chi connectivity index (χ4v) is 3.51. The SMILES string of the molecule is Cc1cc2nc(C(C)(C)O)cc(=O)n2nc1N1CCc2ncc(C(F)(F)F)cc2C1. The van der Waals surface area contributed by atoms with E-state index in [0.717, 1.165) is 22.3 Å². The van der Waals surface area contributed by atoms with E-state index in [9.17, 15) is 23.1 Å². The number of hydrogen-bond acceptors (Lipinski definition) is 6. The highest BCUT2D eigenvalue weighted by Crippen LogP contribution is 2.32. The lowest BCUT2D eigenvalue weighted by atomic mass is 10.0. The summed E-state index contributed by atoms with van der Waals surface area (Å²) in [4.78, 5) is 22.7. The van der Waals surface area contributed by atoms with Crippen LogP contribution < -0.4 is 10.5 Å². The molecule has 158 valence electrons. The highest BCUT2D eigenvalue weighted by atomic mass is 19.4. The Balaban J connectivity index is 1.75. The molecule has 0 fully saturated rings. The summed E-state index contributed by atoms with van der Waals surface area (Å²) in [5, 5.41) is 14.6. The Morgan fingerprint density at radius 1 is 1.17 bits per heavy atom. The Bertz CT molecular complexity index is 1200. The van der Waals surface area contributed by atoms with Crippen LogP contribution in [-0.4, -0.2) is 31.2 Å². The number of halogens is 3. The molecule has 7 nitrogen and oxygen atoms in total. The predicted molar refractivity (Wildman–Crippen MR) is 103 cm³/mol. The molecule has 0 atom stereocenters. The second kappa shape index (κ2) is 6.76. The number of hydrogen-bond donors (Lipinski definition) is 1. The van der Waals surface area contributed by atoms with Crippen LogP contribution in [0.2, 0.25) is 0 Å². The zero-order valence-electron chi connectivity index (χ0n) is 16.7. The van der Waals surface area contributed by atoms with Crippen LogP contribution in [0.1, 0.15) is 41.9 Å². The first-order valence-electron chi connectivity index (χ1n) is 9.38. The molecule has 0 aromatic carbocycles. The largest absolute Gasteiger partial charge is 0.417 e. The third-order valence-corrected chi connectivity index (χ3v) is 5.11. The molecule has 1 aliphatic rings. The molecule has 0 aliphatic carbocycles. The van der Waals surface area contributed by atoms with Gasteiger partial charge >= 0.3 is 6.18 Å². The fourth-order valence-electron chi connectivity index (χ4n) is 3.51. The second-order valence-electron chi connectivity index (χ2n) is 7.96. The molecule has 0 saturated carbocycles. The number of alkyl halides is 3. The van der Waals surface area contributed by atoms with Crippen molar-refractivity contribution in [3.05, 3.63) is 62.8 Å². The summed E-state index contributed by atoms with van der Waals surface area (Å²) in [6, 6.07) is 4.03. The smallest absolute Gasteiger partial charge is 0.384 e. The lowest BCUT2D eigenvalue weighted by Gasteiger charge is -2.30. The quantitative estimate of drug-likeness (QED) is 0.688. The van der Waals surface area contributed by atoms with E-state index < -0.39 is 22.9 Å². The average Bonchev–Trinajstić information content (AvgIpc) is 2.65. The number of anilines is 1. The number of aromatic nitrogens is 4. The molecule has 3 aromatic heterocycles. The number of fused-ring (bicyclic) bond motifs is 2. The minimum absolute atomic E-state index is 0.204. The second-order valence-corrected chi connectivity index (χ2v) is 7.96. The van der Waals surface area contributed by atoms with Crippen LogP contribution in [0.5, 0.6) is 0 Å². The molecule has 10 heteroatoms. The van der Waals surface area contributed by atoms with Crippen LogP contribution in [0.15, 0.2) is 29.2 Å². The number of nitrogens with zero attached hydrogens (tertiary/aromatic N) is 5. The van der Waals surface area contributed by atoms with Crippen LogP contribution in [0.25, 0.3) is 5.65 Å². The number of aliphatic hydroxyl groups is 1. The van der Waals surface area contributed by atoms with Crippen molar-refractivity contribution >= 4 is 11.5 Å². The van der Waals surface area contributed by atoms with Gasteiger partial charge in [0, 0.05) is 37.5 Å². The van der Waals surface area contributed by atoms with E-state index in [0.29, 0.717) is 35.7 Å². The Morgan fingerprint density at radius 2 is 1.90 bits per heavy atom. The molecule has 1 N–H and O–H groups in total. The molecule has 4 heterocycles. The molecule has 4 rings (SSSR count). The predicted octanol–water partition coefficient (Wildman–Crippen LogP) is 2.60. The monoisotopic (exact) mass is 419 g/mol. The molecule has 0 bridgehead atoms. The summed E-state index contributed by atoms with van der Waals surface area (Å²) < 4.78 is 40.3. The Morgan fingerprint density at radius 3 is 2.57 bits per heavy atom. The first-order chi connectivity index (χ1) is 13.9. The van der Waals surface area contributed by atoms with Crippen molar-refractivity contribution in [2.45, 2.75) is 45.5 Å². The third kappa shape index (κ3) is 3.62. The van der Waals surface area contributed by atoms with Crippen molar-refractivity contribution in [3.63, 3.8) is 0 Å². The first kappa shape index (κ1) is 20.3. The molecule has 0 spiro atoms. The van der Waals surface area contributed by atoms with E-state index in [1.54, 1.807) is 13.0 Å². The molecule has 30 heavy (non-hydrogen) atoms. The third-order valence-electron chi connectivity index (χ3n) is 5.11. The highest BCUT2D eigenvalue weighted by molar-refractivity contribution is 5.54. The van der Waals surface area contributed by atoms with Gasteiger partial charge in [0.05, 0.1) is 11.3 Å². The normalized spacial score (nSPS) is 14.8. The standard InChI is InChI=1S/C20H20F3N5O2/c1-11-6-16-25-15(19(2,3)30)8-17(29)28(16)26-18(11)27-5-4-14-12(10-27)7-13(9-24-14)20(21,22)23/h6-9,30H,4-5,10H2,1-3H3. The van der Waals surface area contributed by atoms with Gasteiger partial charge in [0.1, 0.15) is 5.60 Å². The van der Waals surface area contributed by atoms with E-state index in [2.05, 4.69) is 15.1 Å². The van der Waals surface area contributed by atoms with Crippen molar-refractivity contribution in [1.82, 2.24) is 19.6 Å².